The molecule has 0 radical (unpaired) electrons. The van der Waals surface area contributed by atoms with Crippen LogP contribution in [0.5, 0.6) is 0 Å². The third-order valence-corrected chi connectivity index (χ3v) is 4.08. The molecule has 2 N–H and O–H groups in total. The van der Waals surface area contributed by atoms with E-state index in [9.17, 15) is 9.59 Å². The molecule has 126 valence electrons. The van der Waals surface area contributed by atoms with Crippen LogP contribution in [0.2, 0.25) is 0 Å². The minimum Gasteiger partial charge on any atom is -0.352 e. The van der Waals surface area contributed by atoms with Crippen LogP contribution in [0, 0.1) is 12.8 Å². The standard InChI is InChI=1S/C18H27N3O2/c1-13(2)20-18(23)21-10-4-5-16(12-21)17(22)19-11-15-8-6-14(3)7-9-15/h6-9,13,16H,4-5,10-12H2,1-3H3,(H,19,22)(H,20,23)/t16-/m1/s1. The quantitative estimate of drug-likeness (QED) is 0.896. The zero-order valence-corrected chi connectivity index (χ0v) is 14.3. The summed E-state index contributed by atoms with van der Waals surface area (Å²) in [7, 11) is 0. The summed E-state index contributed by atoms with van der Waals surface area (Å²) in [4.78, 5) is 26.2. The van der Waals surface area contributed by atoms with E-state index in [2.05, 4.69) is 10.6 Å². The number of urea groups is 1. The second-order valence-corrected chi connectivity index (χ2v) is 6.59. The van der Waals surface area contributed by atoms with Crippen molar-refractivity contribution in [3.63, 3.8) is 0 Å². The van der Waals surface area contributed by atoms with Crippen LogP contribution < -0.4 is 10.6 Å². The van der Waals surface area contributed by atoms with Crippen molar-refractivity contribution < 1.29 is 9.59 Å². The van der Waals surface area contributed by atoms with E-state index in [1.807, 2.05) is 45.0 Å². The van der Waals surface area contributed by atoms with E-state index in [0.717, 1.165) is 24.9 Å². The number of amides is 3. The molecular weight excluding hydrogens is 290 g/mol. The highest BCUT2D eigenvalue weighted by atomic mass is 16.2. The van der Waals surface area contributed by atoms with Gasteiger partial charge in [-0.3, -0.25) is 4.79 Å². The van der Waals surface area contributed by atoms with Gasteiger partial charge >= 0.3 is 6.03 Å². The monoisotopic (exact) mass is 317 g/mol. The molecule has 1 aliphatic heterocycles. The number of likely N-dealkylation sites (tertiary alicyclic amines) is 1. The number of carbonyl (C=O) groups excluding carboxylic acids is 2. The Morgan fingerprint density at radius 1 is 1.26 bits per heavy atom. The molecule has 1 aromatic rings. The lowest BCUT2D eigenvalue weighted by Crippen LogP contribution is -2.50. The molecule has 0 aliphatic carbocycles. The summed E-state index contributed by atoms with van der Waals surface area (Å²) in [6, 6.07) is 8.17. The Morgan fingerprint density at radius 3 is 2.61 bits per heavy atom. The molecule has 3 amide bonds. The summed E-state index contributed by atoms with van der Waals surface area (Å²) in [6.45, 7) is 7.68. The fraction of sp³-hybridized carbons (Fsp3) is 0.556. The first-order valence-electron chi connectivity index (χ1n) is 8.34. The van der Waals surface area contributed by atoms with Gasteiger partial charge in [-0.05, 0) is 39.2 Å². The lowest BCUT2D eigenvalue weighted by Gasteiger charge is -2.32. The van der Waals surface area contributed by atoms with Crippen LogP contribution in [0.4, 0.5) is 4.79 Å². The number of hydrogen-bond acceptors (Lipinski definition) is 2. The molecule has 0 bridgehead atoms. The van der Waals surface area contributed by atoms with Crippen molar-refractivity contribution in [2.75, 3.05) is 13.1 Å². The van der Waals surface area contributed by atoms with Crippen molar-refractivity contribution in [3.8, 4) is 0 Å². The predicted octanol–water partition coefficient (Wildman–Crippen LogP) is 2.44. The van der Waals surface area contributed by atoms with Gasteiger partial charge in [0.2, 0.25) is 5.91 Å². The molecule has 1 atom stereocenters. The molecule has 1 heterocycles. The van der Waals surface area contributed by atoms with E-state index in [1.54, 1.807) is 4.90 Å². The fourth-order valence-electron chi connectivity index (χ4n) is 2.75. The molecule has 0 spiro atoms. The topological polar surface area (TPSA) is 61.4 Å². The number of rotatable bonds is 4. The molecule has 2 rings (SSSR count). The Bertz CT molecular complexity index is 540. The SMILES string of the molecule is Cc1ccc(CNC(=O)[C@@H]2CCCN(C(=O)NC(C)C)C2)cc1. The zero-order chi connectivity index (χ0) is 16.8. The van der Waals surface area contributed by atoms with E-state index in [4.69, 9.17) is 0 Å². The van der Waals surface area contributed by atoms with E-state index in [0.29, 0.717) is 13.1 Å². The van der Waals surface area contributed by atoms with E-state index >= 15 is 0 Å². The minimum atomic E-state index is -0.118. The van der Waals surface area contributed by atoms with E-state index in [1.165, 1.54) is 5.56 Å². The number of benzene rings is 1. The molecule has 1 aliphatic rings. The van der Waals surface area contributed by atoms with Crippen LogP contribution in [0.3, 0.4) is 0 Å². The second-order valence-electron chi connectivity index (χ2n) is 6.59. The van der Waals surface area contributed by atoms with E-state index in [-0.39, 0.29) is 23.9 Å². The largest absolute Gasteiger partial charge is 0.352 e. The summed E-state index contributed by atoms with van der Waals surface area (Å²) >= 11 is 0. The number of aryl methyl sites for hydroxylation is 1. The average Bonchev–Trinajstić information content (AvgIpc) is 2.53. The fourth-order valence-corrected chi connectivity index (χ4v) is 2.75. The second kappa shape index (κ2) is 7.99. The van der Waals surface area contributed by atoms with Crippen LogP contribution >= 0.6 is 0 Å². The first-order valence-corrected chi connectivity index (χ1v) is 8.34. The van der Waals surface area contributed by atoms with Gasteiger partial charge in [0, 0.05) is 25.7 Å². The summed E-state index contributed by atoms with van der Waals surface area (Å²) in [5, 5.41) is 5.88. The third kappa shape index (κ3) is 5.27. The number of carbonyl (C=O) groups is 2. The third-order valence-electron chi connectivity index (χ3n) is 4.08. The molecular formula is C18H27N3O2. The summed E-state index contributed by atoms with van der Waals surface area (Å²) in [5.41, 5.74) is 2.30. The smallest absolute Gasteiger partial charge is 0.317 e. The Labute approximate surface area is 138 Å². The zero-order valence-electron chi connectivity index (χ0n) is 14.3. The molecule has 0 saturated carbocycles. The Balaban J connectivity index is 1.84. The van der Waals surface area contributed by atoms with Gasteiger partial charge in [-0.1, -0.05) is 29.8 Å². The molecule has 1 fully saturated rings. The van der Waals surface area contributed by atoms with Crippen LogP contribution in [-0.4, -0.2) is 36.0 Å². The molecule has 5 nitrogen and oxygen atoms in total. The van der Waals surface area contributed by atoms with Gasteiger partial charge in [0.05, 0.1) is 5.92 Å². The van der Waals surface area contributed by atoms with Crippen molar-refractivity contribution in [3.05, 3.63) is 35.4 Å². The van der Waals surface area contributed by atoms with Crippen molar-refractivity contribution in [2.24, 2.45) is 5.92 Å². The first-order chi connectivity index (χ1) is 11.0. The Morgan fingerprint density at radius 2 is 1.96 bits per heavy atom. The summed E-state index contributed by atoms with van der Waals surface area (Å²) in [6.07, 6.45) is 1.71. The number of nitrogens with zero attached hydrogens (tertiary/aromatic N) is 1. The van der Waals surface area contributed by atoms with Crippen LogP contribution in [0.1, 0.15) is 37.8 Å². The lowest BCUT2D eigenvalue weighted by molar-refractivity contribution is -0.126. The van der Waals surface area contributed by atoms with Crippen LogP contribution in [0.25, 0.3) is 0 Å². The molecule has 1 aromatic carbocycles. The highest BCUT2D eigenvalue weighted by Crippen LogP contribution is 2.17. The van der Waals surface area contributed by atoms with Crippen molar-refractivity contribution in [1.82, 2.24) is 15.5 Å². The average molecular weight is 317 g/mol. The maximum absolute atomic E-state index is 12.4. The Hall–Kier alpha value is -2.04. The molecule has 5 heteroatoms. The predicted molar refractivity (Wildman–Crippen MR) is 91.0 cm³/mol. The first kappa shape index (κ1) is 17.3. The van der Waals surface area contributed by atoms with Crippen molar-refractivity contribution >= 4 is 11.9 Å². The van der Waals surface area contributed by atoms with Crippen molar-refractivity contribution in [2.45, 2.75) is 46.2 Å². The van der Waals surface area contributed by atoms with Gasteiger partial charge < -0.3 is 15.5 Å². The molecule has 0 aromatic heterocycles. The maximum Gasteiger partial charge on any atom is 0.317 e. The van der Waals surface area contributed by atoms with Gasteiger partial charge in [-0.25, -0.2) is 4.79 Å². The molecule has 0 unspecified atom stereocenters. The highest BCUT2D eigenvalue weighted by Gasteiger charge is 2.28. The van der Waals surface area contributed by atoms with Gasteiger partial charge in [-0.2, -0.15) is 0 Å². The van der Waals surface area contributed by atoms with Crippen LogP contribution in [-0.2, 0) is 11.3 Å². The van der Waals surface area contributed by atoms with Gasteiger partial charge in [-0.15, -0.1) is 0 Å². The number of piperidine rings is 1. The Kier molecular flexibility index (Phi) is 6.02. The summed E-state index contributed by atoms with van der Waals surface area (Å²) in [5.74, 6) is -0.0836. The minimum absolute atomic E-state index is 0.0348. The van der Waals surface area contributed by atoms with Gasteiger partial charge in [0.25, 0.3) is 0 Å². The van der Waals surface area contributed by atoms with Crippen molar-refractivity contribution in [1.29, 1.82) is 0 Å². The molecule has 1 saturated heterocycles. The molecule has 23 heavy (non-hydrogen) atoms. The van der Waals surface area contributed by atoms with E-state index < -0.39 is 0 Å². The highest BCUT2D eigenvalue weighted by molar-refractivity contribution is 5.80. The normalized spacial score (nSPS) is 17.9. The summed E-state index contributed by atoms with van der Waals surface area (Å²) < 4.78 is 0. The van der Waals surface area contributed by atoms with Gasteiger partial charge in [0.1, 0.15) is 0 Å². The number of hydrogen-bond donors (Lipinski definition) is 2. The maximum atomic E-state index is 12.4. The van der Waals surface area contributed by atoms with Crippen LogP contribution in [0.15, 0.2) is 24.3 Å². The van der Waals surface area contributed by atoms with Gasteiger partial charge in [0.15, 0.2) is 0 Å². The lowest BCUT2D eigenvalue weighted by atomic mass is 9.97. The number of nitrogens with one attached hydrogen (secondary N) is 2.